The van der Waals surface area contributed by atoms with E-state index in [0.717, 1.165) is 35.5 Å². The van der Waals surface area contributed by atoms with E-state index in [0.29, 0.717) is 10.8 Å². The minimum absolute atomic E-state index is 0.0681. The van der Waals surface area contributed by atoms with Gasteiger partial charge in [0.05, 0.1) is 0 Å². The van der Waals surface area contributed by atoms with Gasteiger partial charge in [0.2, 0.25) is 11.8 Å². The zero-order valence-corrected chi connectivity index (χ0v) is 26.1. The van der Waals surface area contributed by atoms with E-state index >= 15 is 0 Å². The molecule has 224 valence electrons. The zero-order valence-electron chi connectivity index (χ0n) is 24.6. The molecular formula is C34H52Cl2N2O2. The fourth-order valence-corrected chi connectivity index (χ4v) is 13.8. The van der Waals surface area contributed by atoms with Gasteiger partial charge in [-0.3, -0.25) is 9.59 Å². The molecule has 0 aromatic rings. The third-order valence-electron chi connectivity index (χ3n) is 14.3. The SMILES string of the molecule is O=C(CCl)NC12C[C@@H]3CC(C[C@@H](C3)C1)C21CCCCC1.O=C(CCl)NC12C[C@@H]3CC(C[C@@H](C3)C1)C21CCCCC1. The summed E-state index contributed by atoms with van der Waals surface area (Å²) in [7, 11) is 0. The number of halogens is 2. The van der Waals surface area contributed by atoms with Crippen LogP contribution in [0.3, 0.4) is 0 Å². The number of hydrogen-bond acceptors (Lipinski definition) is 2. The highest BCUT2D eigenvalue weighted by Crippen LogP contribution is 2.69. The van der Waals surface area contributed by atoms with E-state index in [-0.39, 0.29) is 34.7 Å². The van der Waals surface area contributed by atoms with Crippen LogP contribution in [0.2, 0.25) is 0 Å². The fraction of sp³-hybridized carbons (Fsp3) is 0.941. The normalized spacial score (nSPS) is 44.8. The molecule has 0 aromatic carbocycles. The highest BCUT2D eigenvalue weighted by atomic mass is 35.5. The first kappa shape index (κ1) is 28.3. The molecule has 2 N–H and O–H groups in total. The van der Waals surface area contributed by atoms with E-state index in [4.69, 9.17) is 23.2 Å². The molecule has 0 heterocycles. The number of rotatable bonds is 4. The van der Waals surface area contributed by atoms with E-state index in [1.165, 1.54) is 128 Å². The van der Waals surface area contributed by atoms with Gasteiger partial charge in [-0.15, -0.1) is 23.2 Å². The molecule has 0 aliphatic heterocycles. The molecule has 10 fully saturated rings. The topological polar surface area (TPSA) is 58.2 Å². The maximum Gasteiger partial charge on any atom is 0.235 e. The molecule has 8 atom stereocenters. The van der Waals surface area contributed by atoms with E-state index in [9.17, 15) is 9.59 Å². The highest BCUT2D eigenvalue weighted by molar-refractivity contribution is 6.27. The Morgan fingerprint density at radius 3 is 1.15 bits per heavy atom. The average Bonchev–Trinajstić information content (AvgIpc) is 2.95. The molecule has 10 rings (SSSR count). The molecule has 8 bridgehead atoms. The van der Waals surface area contributed by atoms with Crippen LogP contribution in [0.5, 0.6) is 0 Å². The number of carbonyl (C=O) groups excluding carboxylic acids is 2. The van der Waals surface area contributed by atoms with Gasteiger partial charge in [-0.25, -0.2) is 0 Å². The van der Waals surface area contributed by atoms with Crippen LogP contribution in [-0.4, -0.2) is 34.7 Å². The standard InChI is InChI=1S/2C17H26ClNO/c2*18-11-15(20)19-17-9-12-6-13(10-17)8-14(7-12)16(17)4-2-1-3-5-16/h2*12-14H,1-11H2,(H,19,20)/t2*12-,13+,14?,17?. The minimum Gasteiger partial charge on any atom is -0.349 e. The maximum absolute atomic E-state index is 12.1. The van der Waals surface area contributed by atoms with Crippen LogP contribution in [0.15, 0.2) is 0 Å². The fourth-order valence-electron chi connectivity index (χ4n) is 13.6. The second-order valence-electron chi connectivity index (χ2n) is 16.1. The monoisotopic (exact) mass is 590 g/mol. The zero-order chi connectivity index (χ0) is 27.6. The van der Waals surface area contributed by atoms with E-state index in [2.05, 4.69) is 10.6 Å². The Balaban J connectivity index is 0.000000132. The Labute approximate surface area is 252 Å². The van der Waals surface area contributed by atoms with Crippen LogP contribution in [0, 0.1) is 46.3 Å². The number of nitrogens with one attached hydrogen (secondary N) is 2. The lowest BCUT2D eigenvalue weighted by Crippen LogP contribution is -2.71. The van der Waals surface area contributed by atoms with Gasteiger partial charge in [0.15, 0.2) is 0 Å². The van der Waals surface area contributed by atoms with Crippen LogP contribution < -0.4 is 10.6 Å². The third kappa shape index (κ3) is 4.33. The second kappa shape index (κ2) is 10.6. The van der Waals surface area contributed by atoms with Crippen molar-refractivity contribution in [3.63, 3.8) is 0 Å². The Morgan fingerprint density at radius 2 is 0.850 bits per heavy atom. The Kier molecular flexibility index (Phi) is 7.50. The van der Waals surface area contributed by atoms with Crippen molar-refractivity contribution in [3.05, 3.63) is 0 Å². The largest absolute Gasteiger partial charge is 0.349 e. The number of alkyl halides is 2. The van der Waals surface area contributed by atoms with Gasteiger partial charge >= 0.3 is 0 Å². The minimum atomic E-state index is 0.0681. The molecule has 2 amide bonds. The van der Waals surface area contributed by atoms with Gasteiger partial charge in [-0.2, -0.15) is 0 Å². The van der Waals surface area contributed by atoms with Crippen LogP contribution in [0.4, 0.5) is 0 Å². The third-order valence-corrected chi connectivity index (χ3v) is 14.8. The van der Waals surface area contributed by atoms with Gasteiger partial charge in [-0.05, 0) is 136 Å². The Hall–Kier alpha value is -0.480. The highest BCUT2D eigenvalue weighted by Gasteiger charge is 2.66. The van der Waals surface area contributed by atoms with Crippen LogP contribution >= 0.6 is 23.2 Å². The van der Waals surface area contributed by atoms with Gasteiger partial charge in [0.1, 0.15) is 11.8 Å². The number of carbonyl (C=O) groups is 2. The van der Waals surface area contributed by atoms with Crippen molar-refractivity contribution in [2.45, 2.75) is 139 Å². The van der Waals surface area contributed by atoms with Gasteiger partial charge in [0.25, 0.3) is 0 Å². The van der Waals surface area contributed by atoms with Crippen molar-refractivity contribution >= 4 is 35.0 Å². The van der Waals surface area contributed by atoms with Gasteiger partial charge < -0.3 is 10.6 Å². The molecule has 40 heavy (non-hydrogen) atoms. The average molecular weight is 592 g/mol. The van der Waals surface area contributed by atoms with Crippen molar-refractivity contribution in [3.8, 4) is 0 Å². The molecule has 4 unspecified atom stereocenters. The molecule has 0 radical (unpaired) electrons. The quantitative estimate of drug-likeness (QED) is 0.329. The summed E-state index contributed by atoms with van der Waals surface area (Å²) in [5, 5.41) is 6.93. The smallest absolute Gasteiger partial charge is 0.235 e. The van der Waals surface area contributed by atoms with Crippen LogP contribution in [0.1, 0.15) is 128 Å². The molecule has 10 aliphatic carbocycles. The number of amides is 2. The summed E-state index contributed by atoms with van der Waals surface area (Å²) in [6.45, 7) is 0. The first-order valence-corrected chi connectivity index (χ1v) is 18.2. The Bertz CT molecular complexity index is 880. The molecule has 2 spiro atoms. The predicted octanol–water partition coefficient (Wildman–Crippen LogP) is 7.74. The Morgan fingerprint density at radius 1 is 0.525 bits per heavy atom. The molecule has 10 saturated carbocycles. The van der Waals surface area contributed by atoms with Gasteiger partial charge in [0, 0.05) is 11.1 Å². The first-order valence-electron chi connectivity index (χ1n) is 17.1. The summed E-state index contributed by atoms with van der Waals surface area (Å²) in [5.41, 5.74) is 1.04. The molecule has 0 saturated heterocycles. The second-order valence-corrected chi connectivity index (χ2v) is 16.6. The van der Waals surface area contributed by atoms with Crippen LogP contribution in [-0.2, 0) is 9.59 Å². The summed E-state index contributed by atoms with van der Waals surface area (Å²) < 4.78 is 0. The molecule has 0 aromatic heterocycles. The van der Waals surface area contributed by atoms with Crippen molar-refractivity contribution in [1.82, 2.24) is 10.6 Å². The molecular weight excluding hydrogens is 539 g/mol. The summed E-state index contributed by atoms with van der Waals surface area (Å²) in [6.07, 6.45) is 27.2. The maximum atomic E-state index is 12.1. The summed E-state index contributed by atoms with van der Waals surface area (Å²) in [5.74, 6) is 5.62. The summed E-state index contributed by atoms with van der Waals surface area (Å²) >= 11 is 11.6. The lowest BCUT2D eigenvalue weighted by Gasteiger charge is -2.69. The van der Waals surface area contributed by atoms with Gasteiger partial charge in [-0.1, -0.05) is 38.5 Å². The van der Waals surface area contributed by atoms with Crippen molar-refractivity contribution in [1.29, 1.82) is 0 Å². The van der Waals surface area contributed by atoms with Crippen LogP contribution in [0.25, 0.3) is 0 Å². The molecule has 6 heteroatoms. The summed E-state index contributed by atoms with van der Waals surface area (Å²) in [4.78, 5) is 24.2. The van der Waals surface area contributed by atoms with Crippen molar-refractivity contribution in [2.24, 2.45) is 46.3 Å². The number of hydrogen-bond donors (Lipinski definition) is 2. The predicted molar refractivity (Wildman–Crippen MR) is 161 cm³/mol. The summed E-state index contributed by atoms with van der Waals surface area (Å²) in [6, 6.07) is 0. The van der Waals surface area contributed by atoms with Crippen molar-refractivity contribution in [2.75, 3.05) is 11.8 Å². The molecule has 10 aliphatic rings. The lowest BCUT2D eigenvalue weighted by molar-refractivity contribution is -0.165. The van der Waals surface area contributed by atoms with E-state index < -0.39 is 0 Å². The van der Waals surface area contributed by atoms with E-state index in [1.54, 1.807) is 0 Å². The molecule has 4 nitrogen and oxygen atoms in total. The first-order chi connectivity index (χ1) is 19.3. The lowest BCUT2D eigenvalue weighted by atomic mass is 9.39. The van der Waals surface area contributed by atoms with E-state index in [1.807, 2.05) is 0 Å². The van der Waals surface area contributed by atoms with Crippen molar-refractivity contribution < 1.29 is 9.59 Å².